The predicted molar refractivity (Wildman–Crippen MR) is 64.3 cm³/mol. The van der Waals surface area contributed by atoms with Gasteiger partial charge in [-0.05, 0) is 48.8 Å². The molecule has 1 aromatic carbocycles. The molecule has 0 bridgehead atoms. The van der Waals surface area contributed by atoms with Gasteiger partial charge in [0.1, 0.15) is 0 Å². The highest BCUT2D eigenvalue weighted by atomic mass is 16.1. The second-order valence-corrected chi connectivity index (χ2v) is 4.49. The summed E-state index contributed by atoms with van der Waals surface area (Å²) in [5.74, 6) is 0.670. The van der Waals surface area contributed by atoms with E-state index in [2.05, 4.69) is 23.5 Å². The topological polar surface area (TPSA) is 29.1 Å². The SMILES string of the molecule is CC(=O)NCCC1CCCc2cc[c]cc21. The zero-order chi connectivity index (χ0) is 11.4. The molecule has 1 unspecified atom stereocenters. The number of nitrogens with one attached hydrogen (secondary N) is 1. The van der Waals surface area contributed by atoms with Crippen LogP contribution in [0, 0.1) is 6.07 Å². The van der Waals surface area contributed by atoms with E-state index in [1.807, 2.05) is 6.07 Å². The van der Waals surface area contributed by atoms with Crippen molar-refractivity contribution in [3.63, 3.8) is 0 Å². The first-order chi connectivity index (χ1) is 7.77. The van der Waals surface area contributed by atoms with Gasteiger partial charge in [0.05, 0.1) is 0 Å². The molecular weight excluding hydrogens is 198 g/mol. The first-order valence-corrected chi connectivity index (χ1v) is 6.00. The summed E-state index contributed by atoms with van der Waals surface area (Å²) in [6.07, 6.45) is 4.75. The fourth-order valence-electron chi connectivity index (χ4n) is 2.50. The Balaban J connectivity index is 1.99. The van der Waals surface area contributed by atoms with Gasteiger partial charge in [-0.15, -0.1) is 0 Å². The molecule has 1 radical (unpaired) electrons. The predicted octanol–water partition coefficient (Wildman–Crippen LogP) is 2.43. The third-order valence-electron chi connectivity index (χ3n) is 3.30. The third-order valence-corrected chi connectivity index (χ3v) is 3.30. The van der Waals surface area contributed by atoms with Crippen LogP contribution in [0.15, 0.2) is 18.2 Å². The number of hydrogen-bond donors (Lipinski definition) is 1. The maximum atomic E-state index is 10.8. The molecule has 2 rings (SSSR count). The van der Waals surface area contributed by atoms with Crippen LogP contribution in [0.3, 0.4) is 0 Å². The summed E-state index contributed by atoms with van der Waals surface area (Å²) in [7, 11) is 0. The summed E-state index contributed by atoms with van der Waals surface area (Å²) in [5.41, 5.74) is 2.91. The Kier molecular flexibility index (Phi) is 3.60. The smallest absolute Gasteiger partial charge is 0.216 e. The van der Waals surface area contributed by atoms with E-state index in [1.165, 1.54) is 30.4 Å². The van der Waals surface area contributed by atoms with Gasteiger partial charge in [-0.25, -0.2) is 0 Å². The normalized spacial score (nSPS) is 18.9. The highest BCUT2D eigenvalue weighted by Gasteiger charge is 2.19. The fourth-order valence-corrected chi connectivity index (χ4v) is 2.50. The fraction of sp³-hybridized carbons (Fsp3) is 0.500. The molecule has 0 saturated carbocycles. The molecule has 1 atom stereocenters. The van der Waals surface area contributed by atoms with Crippen molar-refractivity contribution in [2.75, 3.05) is 6.54 Å². The molecule has 0 aromatic heterocycles. The Labute approximate surface area is 97.1 Å². The van der Waals surface area contributed by atoms with Gasteiger partial charge in [0.2, 0.25) is 5.91 Å². The van der Waals surface area contributed by atoms with Crippen LogP contribution in [0.4, 0.5) is 0 Å². The molecule has 2 nitrogen and oxygen atoms in total. The van der Waals surface area contributed by atoms with Gasteiger partial charge in [0, 0.05) is 13.5 Å². The van der Waals surface area contributed by atoms with Crippen LogP contribution >= 0.6 is 0 Å². The summed E-state index contributed by atoms with van der Waals surface area (Å²) in [4.78, 5) is 10.8. The van der Waals surface area contributed by atoms with E-state index >= 15 is 0 Å². The summed E-state index contributed by atoms with van der Waals surface area (Å²) in [6.45, 7) is 2.36. The number of carbonyl (C=O) groups is 1. The lowest BCUT2D eigenvalue weighted by Crippen LogP contribution is -2.23. The van der Waals surface area contributed by atoms with Gasteiger partial charge in [-0.3, -0.25) is 4.79 Å². The van der Waals surface area contributed by atoms with Gasteiger partial charge in [0.25, 0.3) is 0 Å². The van der Waals surface area contributed by atoms with Crippen LogP contribution < -0.4 is 5.32 Å². The monoisotopic (exact) mass is 216 g/mol. The lowest BCUT2D eigenvalue weighted by Gasteiger charge is -2.25. The third kappa shape index (κ3) is 2.63. The minimum absolute atomic E-state index is 0.0654. The summed E-state index contributed by atoms with van der Waals surface area (Å²) in [6, 6.07) is 9.46. The average Bonchev–Trinajstić information content (AvgIpc) is 2.29. The molecule has 1 N–H and O–H groups in total. The van der Waals surface area contributed by atoms with E-state index in [4.69, 9.17) is 0 Å². The molecule has 85 valence electrons. The molecule has 1 amide bonds. The van der Waals surface area contributed by atoms with Crippen LogP contribution in [0.5, 0.6) is 0 Å². The van der Waals surface area contributed by atoms with Crippen molar-refractivity contribution < 1.29 is 4.79 Å². The Morgan fingerprint density at radius 1 is 1.62 bits per heavy atom. The van der Waals surface area contributed by atoms with Crippen molar-refractivity contribution in [2.45, 2.75) is 38.5 Å². The van der Waals surface area contributed by atoms with Crippen LogP contribution in [0.25, 0.3) is 0 Å². The van der Waals surface area contributed by atoms with E-state index in [0.717, 1.165) is 13.0 Å². The summed E-state index contributed by atoms with van der Waals surface area (Å²) in [5, 5.41) is 2.87. The van der Waals surface area contributed by atoms with Crippen molar-refractivity contribution >= 4 is 5.91 Å². The van der Waals surface area contributed by atoms with E-state index in [9.17, 15) is 4.79 Å². The van der Waals surface area contributed by atoms with Crippen LogP contribution in [-0.4, -0.2) is 12.5 Å². The minimum atomic E-state index is 0.0654. The highest BCUT2D eigenvalue weighted by Crippen LogP contribution is 2.33. The molecule has 0 saturated heterocycles. The quantitative estimate of drug-likeness (QED) is 0.826. The lowest BCUT2D eigenvalue weighted by molar-refractivity contribution is -0.118. The van der Waals surface area contributed by atoms with Gasteiger partial charge in [-0.2, -0.15) is 0 Å². The first-order valence-electron chi connectivity index (χ1n) is 6.00. The van der Waals surface area contributed by atoms with Crippen molar-refractivity contribution in [1.82, 2.24) is 5.32 Å². The molecule has 0 aliphatic heterocycles. The van der Waals surface area contributed by atoms with E-state index in [1.54, 1.807) is 6.92 Å². The molecule has 1 aliphatic carbocycles. The molecular formula is C14H18NO. The molecule has 2 heteroatoms. The maximum absolute atomic E-state index is 10.8. The number of hydrogen-bond acceptors (Lipinski definition) is 1. The zero-order valence-corrected chi connectivity index (χ0v) is 9.75. The van der Waals surface area contributed by atoms with Gasteiger partial charge < -0.3 is 5.32 Å². The van der Waals surface area contributed by atoms with E-state index in [-0.39, 0.29) is 5.91 Å². The summed E-state index contributed by atoms with van der Waals surface area (Å²) < 4.78 is 0. The Morgan fingerprint density at radius 3 is 3.31 bits per heavy atom. The Morgan fingerprint density at radius 2 is 2.50 bits per heavy atom. The van der Waals surface area contributed by atoms with E-state index < -0.39 is 0 Å². The van der Waals surface area contributed by atoms with Gasteiger partial charge in [-0.1, -0.05) is 18.2 Å². The number of rotatable bonds is 3. The first kappa shape index (κ1) is 11.2. The van der Waals surface area contributed by atoms with Crippen LogP contribution in [0.1, 0.15) is 43.2 Å². The van der Waals surface area contributed by atoms with Crippen LogP contribution in [-0.2, 0) is 11.2 Å². The number of aryl methyl sites for hydroxylation is 1. The molecule has 0 spiro atoms. The van der Waals surface area contributed by atoms with Crippen LogP contribution in [0.2, 0.25) is 0 Å². The zero-order valence-electron chi connectivity index (χ0n) is 9.75. The molecule has 0 fully saturated rings. The highest BCUT2D eigenvalue weighted by molar-refractivity contribution is 5.72. The molecule has 0 heterocycles. The number of carbonyl (C=O) groups excluding carboxylic acids is 1. The Hall–Kier alpha value is -1.31. The summed E-state index contributed by atoms with van der Waals surface area (Å²) >= 11 is 0. The number of fused-ring (bicyclic) bond motifs is 1. The molecule has 16 heavy (non-hydrogen) atoms. The molecule has 1 aliphatic rings. The standard InChI is InChI=1S/C14H18NO/c1-11(16)15-10-9-13-7-4-6-12-5-2-3-8-14(12)13/h2,5,8,13H,4,6-7,9-10H2,1H3,(H,15,16). The van der Waals surface area contributed by atoms with Crippen molar-refractivity contribution in [1.29, 1.82) is 0 Å². The number of amides is 1. The van der Waals surface area contributed by atoms with Crippen molar-refractivity contribution in [2.24, 2.45) is 0 Å². The van der Waals surface area contributed by atoms with E-state index in [0.29, 0.717) is 5.92 Å². The second kappa shape index (κ2) is 5.15. The van der Waals surface area contributed by atoms with Gasteiger partial charge in [0.15, 0.2) is 0 Å². The average molecular weight is 216 g/mol. The number of benzene rings is 1. The Bertz CT molecular complexity index is 373. The lowest BCUT2D eigenvalue weighted by atomic mass is 9.81. The largest absolute Gasteiger partial charge is 0.356 e. The second-order valence-electron chi connectivity index (χ2n) is 4.49. The van der Waals surface area contributed by atoms with Crippen molar-refractivity contribution in [3.8, 4) is 0 Å². The minimum Gasteiger partial charge on any atom is -0.356 e. The maximum Gasteiger partial charge on any atom is 0.216 e. The molecule has 1 aromatic rings. The van der Waals surface area contributed by atoms with Gasteiger partial charge >= 0.3 is 0 Å². The van der Waals surface area contributed by atoms with Crippen molar-refractivity contribution in [3.05, 3.63) is 35.4 Å².